The predicted molar refractivity (Wildman–Crippen MR) is 83.6 cm³/mol. The van der Waals surface area contributed by atoms with E-state index in [-0.39, 0.29) is 17.4 Å². The fraction of sp³-hybridized carbons (Fsp3) is 0.412. The van der Waals surface area contributed by atoms with Crippen molar-refractivity contribution in [2.24, 2.45) is 5.41 Å². The zero-order valence-corrected chi connectivity index (χ0v) is 12.9. The van der Waals surface area contributed by atoms with Crippen LogP contribution in [-0.2, 0) is 11.3 Å². The third-order valence-electron chi connectivity index (χ3n) is 3.43. The number of amides is 1. The largest absolute Gasteiger partial charge is 0.349 e. The maximum atomic E-state index is 12.2. The first-order valence-electron chi connectivity index (χ1n) is 7.28. The third-order valence-corrected chi connectivity index (χ3v) is 3.43. The van der Waals surface area contributed by atoms with Crippen LogP contribution >= 0.6 is 0 Å². The minimum absolute atomic E-state index is 0.00354. The normalized spacial score (nSPS) is 12.9. The summed E-state index contributed by atoms with van der Waals surface area (Å²) >= 11 is 0. The number of aryl methyl sites for hydroxylation is 1. The van der Waals surface area contributed by atoms with Gasteiger partial charge < -0.3 is 5.32 Å². The molecule has 21 heavy (non-hydrogen) atoms. The molecule has 1 amide bonds. The molecular weight excluding hydrogens is 262 g/mol. The zero-order chi connectivity index (χ0) is 15.3. The van der Waals surface area contributed by atoms with Crippen LogP contribution in [0.2, 0.25) is 0 Å². The van der Waals surface area contributed by atoms with Crippen LogP contribution in [0.25, 0.3) is 0 Å². The molecule has 2 rings (SSSR count). The lowest BCUT2D eigenvalue weighted by atomic mass is 9.82. The highest BCUT2D eigenvalue weighted by Crippen LogP contribution is 2.32. The molecule has 0 aliphatic carbocycles. The van der Waals surface area contributed by atoms with Crippen LogP contribution in [-0.4, -0.2) is 15.7 Å². The smallest absolute Gasteiger partial charge is 0.222 e. The Morgan fingerprint density at radius 3 is 2.52 bits per heavy atom. The lowest BCUT2D eigenvalue weighted by Crippen LogP contribution is -2.37. The second kappa shape index (κ2) is 6.57. The Kier molecular flexibility index (Phi) is 4.78. The number of nitrogens with zero attached hydrogens (tertiary/aromatic N) is 2. The summed E-state index contributed by atoms with van der Waals surface area (Å²) in [4.78, 5) is 12.2. The predicted octanol–water partition coefficient (Wildman–Crippen LogP) is 3.18. The highest BCUT2D eigenvalue weighted by molar-refractivity contribution is 5.76. The molecule has 1 aromatic carbocycles. The average Bonchev–Trinajstić information content (AvgIpc) is 2.95. The molecule has 1 heterocycles. The molecule has 112 valence electrons. The van der Waals surface area contributed by atoms with Crippen molar-refractivity contribution in [3.8, 4) is 0 Å². The Morgan fingerprint density at radius 2 is 1.95 bits per heavy atom. The van der Waals surface area contributed by atoms with Crippen LogP contribution in [0.1, 0.15) is 38.8 Å². The summed E-state index contributed by atoms with van der Waals surface area (Å²) in [5.41, 5.74) is 1.10. The van der Waals surface area contributed by atoms with Crippen LogP contribution in [0.4, 0.5) is 0 Å². The standard InChI is InChI=1S/C17H23N3O/c1-17(2,3)16(14-8-5-4-6-9-14)19-15(21)10-13-20-12-7-11-18-20/h4-9,11-12,16H,10,13H2,1-3H3,(H,19,21). The Hall–Kier alpha value is -2.10. The summed E-state index contributed by atoms with van der Waals surface area (Å²) < 4.78 is 1.77. The summed E-state index contributed by atoms with van der Waals surface area (Å²) in [6, 6.07) is 12.0. The topological polar surface area (TPSA) is 46.9 Å². The molecule has 0 spiro atoms. The third kappa shape index (κ3) is 4.45. The molecule has 1 aromatic heterocycles. The molecule has 0 radical (unpaired) electrons. The van der Waals surface area contributed by atoms with Gasteiger partial charge in [0.1, 0.15) is 0 Å². The van der Waals surface area contributed by atoms with Gasteiger partial charge in [-0.25, -0.2) is 0 Å². The first-order valence-corrected chi connectivity index (χ1v) is 7.28. The van der Waals surface area contributed by atoms with Gasteiger partial charge in [-0.05, 0) is 17.0 Å². The number of carbonyl (C=O) groups excluding carboxylic acids is 1. The number of benzene rings is 1. The van der Waals surface area contributed by atoms with Crippen molar-refractivity contribution in [2.45, 2.75) is 39.8 Å². The van der Waals surface area contributed by atoms with E-state index in [1.54, 1.807) is 10.9 Å². The van der Waals surface area contributed by atoms with Gasteiger partial charge in [-0.2, -0.15) is 5.10 Å². The highest BCUT2D eigenvalue weighted by Gasteiger charge is 2.27. The van der Waals surface area contributed by atoms with Gasteiger partial charge in [-0.1, -0.05) is 51.1 Å². The van der Waals surface area contributed by atoms with Gasteiger partial charge in [0.05, 0.1) is 6.04 Å². The summed E-state index contributed by atoms with van der Waals surface area (Å²) in [5, 5.41) is 7.27. The van der Waals surface area contributed by atoms with Crippen molar-refractivity contribution in [3.05, 3.63) is 54.4 Å². The van der Waals surface area contributed by atoms with Crippen molar-refractivity contribution in [3.63, 3.8) is 0 Å². The van der Waals surface area contributed by atoms with Crippen LogP contribution in [0.5, 0.6) is 0 Å². The maximum Gasteiger partial charge on any atom is 0.222 e. The number of hydrogen-bond acceptors (Lipinski definition) is 2. The van der Waals surface area contributed by atoms with Crippen LogP contribution in [0, 0.1) is 5.41 Å². The van der Waals surface area contributed by atoms with Crippen molar-refractivity contribution in [1.82, 2.24) is 15.1 Å². The molecule has 4 heteroatoms. The fourth-order valence-electron chi connectivity index (χ4n) is 2.33. The van der Waals surface area contributed by atoms with E-state index in [0.717, 1.165) is 5.56 Å². The monoisotopic (exact) mass is 285 g/mol. The summed E-state index contributed by atoms with van der Waals surface area (Å²) in [6.45, 7) is 7.01. The number of rotatable bonds is 5. The van der Waals surface area contributed by atoms with E-state index in [2.05, 4.69) is 43.3 Å². The van der Waals surface area contributed by atoms with Crippen molar-refractivity contribution >= 4 is 5.91 Å². The Morgan fingerprint density at radius 1 is 1.24 bits per heavy atom. The van der Waals surface area contributed by atoms with Gasteiger partial charge in [0.2, 0.25) is 5.91 Å². The van der Waals surface area contributed by atoms with Crippen molar-refractivity contribution in [1.29, 1.82) is 0 Å². The number of aromatic nitrogens is 2. The summed E-state index contributed by atoms with van der Waals surface area (Å²) in [5.74, 6) is 0.0503. The van der Waals surface area contributed by atoms with Gasteiger partial charge in [0.15, 0.2) is 0 Å². The quantitative estimate of drug-likeness (QED) is 0.917. The first kappa shape index (κ1) is 15.3. The second-order valence-electron chi connectivity index (χ2n) is 6.30. The molecule has 4 nitrogen and oxygen atoms in total. The lowest BCUT2D eigenvalue weighted by Gasteiger charge is -2.32. The van der Waals surface area contributed by atoms with E-state index in [1.807, 2.05) is 30.5 Å². The fourth-order valence-corrected chi connectivity index (χ4v) is 2.33. The first-order chi connectivity index (χ1) is 9.97. The molecule has 0 aliphatic heterocycles. The molecule has 1 atom stereocenters. The summed E-state index contributed by atoms with van der Waals surface area (Å²) in [7, 11) is 0. The number of carbonyl (C=O) groups is 1. The maximum absolute atomic E-state index is 12.2. The van der Waals surface area contributed by atoms with Crippen molar-refractivity contribution < 1.29 is 4.79 Å². The van der Waals surface area contributed by atoms with E-state index >= 15 is 0 Å². The van der Waals surface area contributed by atoms with Gasteiger partial charge >= 0.3 is 0 Å². The van der Waals surface area contributed by atoms with E-state index in [0.29, 0.717) is 13.0 Å². The minimum Gasteiger partial charge on any atom is -0.349 e. The van der Waals surface area contributed by atoms with Crippen LogP contribution < -0.4 is 5.32 Å². The zero-order valence-electron chi connectivity index (χ0n) is 12.9. The SMILES string of the molecule is CC(C)(C)C(NC(=O)CCn1cccn1)c1ccccc1. The highest BCUT2D eigenvalue weighted by atomic mass is 16.1. The molecule has 0 bridgehead atoms. The Bertz CT molecular complexity index is 555. The van der Waals surface area contributed by atoms with Gasteiger partial charge in [0.25, 0.3) is 0 Å². The average molecular weight is 285 g/mol. The van der Waals surface area contributed by atoms with E-state index in [4.69, 9.17) is 0 Å². The minimum atomic E-state index is -0.0390. The van der Waals surface area contributed by atoms with Gasteiger partial charge in [0, 0.05) is 25.4 Å². The molecule has 2 aromatic rings. The van der Waals surface area contributed by atoms with E-state index in [9.17, 15) is 4.79 Å². The van der Waals surface area contributed by atoms with E-state index < -0.39 is 0 Å². The van der Waals surface area contributed by atoms with Gasteiger partial charge in [-0.15, -0.1) is 0 Å². The number of nitrogens with one attached hydrogen (secondary N) is 1. The van der Waals surface area contributed by atoms with E-state index in [1.165, 1.54) is 0 Å². The van der Waals surface area contributed by atoms with Crippen LogP contribution in [0.3, 0.4) is 0 Å². The molecule has 0 saturated heterocycles. The molecule has 0 fully saturated rings. The Labute approximate surface area is 126 Å². The molecule has 0 aliphatic rings. The van der Waals surface area contributed by atoms with Gasteiger partial charge in [-0.3, -0.25) is 9.48 Å². The summed E-state index contributed by atoms with van der Waals surface area (Å²) in [6.07, 6.45) is 4.02. The molecule has 1 unspecified atom stereocenters. The molecule has 1 N–H and O–H groups in total. The van der Waals surface area contributed by atoms with Crippen molar-refractivity contribution in [2.75, 3.05) is 0 Å². The second-order valence-corrected chi connectivity index (χ2v) is 6.30. The lowest BCUT2D eigenvalue weighted by molar-refractivity contribution is -0.122. The molecular formula is C17H23N3O. The van der Waals surface area contributed by atoms with Crippen LogP contribution in [0.15, 0.2) is 48.8 Å². The molecule has 0 saturated carbocycles. The Balaban J connectivity index is 2.00. The number of hydrogen-bond donors (Lipinski definition) is 1.